The molecule has 0 spiro atoms. The van der Waals surface area contributed by atoms with Crippen molar-refractivity contribution in [3.63, 3.8) is 0 Å². The van der Waals surface area contributed by atoms with Crippen molar-refractivity contribution in [1.82, 2.24) is 25.1 Å². The number of anilines is 2. The third-order valence-corrected chi connectivity index (χ3v) is 4.62. The largest absolute Gasteiger partial charge is 0.442 e. The Kier molecular flexibility index (Phi) is 4.68. The van der Waals surface area contributed by atoms with Crippen LogP contribution in [0.25, 0.3) is 11.1 Å². The quantitative estimate of drug-likeness (QED) is 0.708. The SMILES string of the molecule is Cc1cc(Nc2nccc(C)n2)cc(-c2cnn(CC3OC(=O)NC3C)c2)c1. The molecule has 2 atom stereocenters. The minimum absolute atomic E-state index is 0.0377. The van der Waals surface area contributed by atoms with Crippen LogP contribution >= 0.6 is 0 Å². The Bertz CT molecular complexity index is 1020. The molecule has 28 heavy (non-hydrogen) atoms. The summed E-state index contributed by atoms with van der Waals surface area (Å²) < 4.78 is 7.07. The van der Waals surface area contributed by atoms with Gasteiger partial charge in [0.1, 0.15) is 6.10 Å². The van der Waals surface area contributed by atoms with Crippen LogP contribution in [0.3, 0.4) is 0 Å². The van der Waals surface area contributed by atoms with Gasteiger partial charge in [0.2, 0.25) is 5.95 Å². The van der Waals surface area contributed by atoms with Crippen molar-refractivity contribution in [3.8, 4) is 11.1 Å². The topological polar surface area (TPSA) is 94.0 Å². The van der Waals surface area contributed by atoms with Crippen LogP contribution in [0.4, 0.5) is 16.4 Å². The van der Waals surface area contributed by atoms with E-state index in [0.29, 0.717) is 12.5 Å². The van der Waals surface area contributed by atoms with E-state index >= 15 is 0 Å². The number of benzene rings is 1. The van der Waals surface area contributed by atoms with Gasteiger partial charge in [-0.3, -0.25) is 4.68 Å². The lowest BCUT2D eigenvalue weighted by molar-refractivity contribution is 0.120. The highest BCUT2D eigenvalue weighted by atomic mass is 16.6. The summed E-state index contributed by atoms with van der Waals surface area (Å²) in [6, 6.07) is 8.01. The molecule has 0 saturated carbocycles. The zero-order valence-electron chi connectivity index (χ0n) is 16.0. The second-order valence-corrected chi connectivity index (χ2v) is 7.06. The first kappa shape index (κ1) is 18.0. The molecule has 1 aliphatic rings. The van der Waals surface area contributed by atoms with Gasteiger partial charge < -0.3 is 15.4 Å². The van der Waals surface area contributed by atoms with Crippen molar-refractivity contribution >= 4 is 17.7 Å². The maximum absolute atomic E-state index is 11.3. The summed E-state index contributed by atoms with van der Waals surface area (Å²) in [7, 11) is 0. The maximum atomic E-state index is 11.3. The van der Waals surface area contributed by atoms with E-state index < -0.39 is 0 Å². The molecule has 2 unspecified atom stereocenters. The molecule has 1 fully saturated rings. The number of cyclic esters (lactones) is 1. The maximum Gasteiger partial charge on any atom is 0.407 e. The number of carbonyl (C=O) groups excluding carboxylic acids is 1. The van der Waals surface area contributed by atoms with Crippen LogP contribution < -0.4 is 10.6 Å². The number of aromatic nitrogens is 4. The van der Waals surface area contributed by atoms with Gasteiger partial charge in [-0.05, 0) is 50.1 Å². The summed E-state index contributed by atoms with van der Waals surface area (Å²) in [4.78, 5) is 20.0. The van der Waals surface area contributed by atoms with Crippen molar-refractivity contribution in [3.05, 3.63) is 54.1 Å². The Morgan fingerprint density at radius 2 is 2.11 bits per heavy atom. The number of aryl methyl sites for hydroxylation is 2. The van der Waals surface area contributed by atoms with Crippen LogP contribution in [0.1, 0.15) is 18.2 Å². The smallest absolute Gasteiger partial charge is 0.407 e. The summed E-state index contributed by atoms with van der Waals surface area (Å²) in [5.41, 5.74) is 4.96. The number of rotatable bonds is 5. The van der Waals surface area contributed by atoms with Gasteiger partial charge in [0.05, 0.1) is 18.8 Å². The minimum Gasteiger partial charge on any atom is -0.442 e. The summed E-state index contributed by atoms with van der Waals surface area (Å²) in [5.74, 6) is 0.566. The third kappa shape index (κ3) is 3.95. The van der Waals surface area contributed by atoms with E-state index in [1.54, 1.807) is 10.9 Å². The Balaban J connectivity index is 1.54. The third-order valence-electron chi connectivity index (χ3n) is 4.62. The molecular weight excluding hydrogens is 356 g/mol. The van der Waals surface area contributed by atoms with E-state index in [-0.39, 0.29) is 18.2 Å². The average Bonchev–Trinajstić information content (AvgIpc) is 3.21. The van der Waals surface area contributed by atoms with Crippen molar-refractivity contribution < 1.29 is 9.53 Å². The highest BCUT2D eigenvalue weighted by Gasteiger charge is 2.30. The summed E-state index contributed by atoms with van der Waals surface area (Å²) >= 11 is 0. The fraction of sp³-hybridized carbons (Fsp3) is 0.300. The Labute approximate surface area is 163 Å². The van der Waals surface area contributed by atoms with Crippen LogP contribution in [-0.2, 0) is 11.3 Å². The minimum atomic E-state index is -0.377. The lowest BCUT2D eigenvalue weighted by atomic mass is 10.1. The standard InChI is InChI=1S/C20H22N6O2/c1-12-6-15(8-17(7-12)25-19-21-5-4-13(2)23-19)16-9-22-26(10-16)11-18-14(3)24-20(27)28-18/h4-10,14,18H,11H2,1-3H3,(H,24,27)(H,21,23,25). The number of nitrogens with one attached hydrogen (secondary N) is 2. The number of nitrogens with zero attached hydrogens (tertiary/aromatic N) is 4. The molecule has 2 N–H and O–H groups in total. The zero-order valence-corrected chi connectivity index (χ0v) is 16.0. The molecule has 1 saturated heterocycles. The van der Waals surface area contributed by atoms with Gasteiger partial charge in [0, 0.05) is 29.3 Å². The van der Waals surface area contributed by atoms with Crippen LogP contribution in [0.2, 0.25) is 0 Å². The van der Waals surface area contributed by atoms with Crippen LogP contribution in [0, 0.1) is 13.8 Å². The number of hydrogen-bond acceptors (Lipinski definition) is 6. The van der Waals surface area contributed by atoms with E-state index in [4.69, 9.17) is 4.74 Å². The van der Waals surface area contributed by atoms with E-state index in [2.05, 4.69) is 31.8 Å². The Morgan fingerprint density at radius 1 is 1.25 bits per heavy atom. The lowest BCUT2D eigenvalue weighted by Gasteiger charge is -2.12. The normalized spacial score (nSPS) is 18.6. The lowest BCUT2D eigenvalue weighted by Crippen LogP contribution is -2.31. The fourth-order valence-electron chi connectivity index (χ4n) is 3.20. The van der Waals surface area contributed by atoms with Gasteiger partial charge in [0.25, 0.3) is 0 Å². The molecule has 4 rings (SSSR count). The predicted molar refractivity (Wildman–Crippen MR) is 105 cm³/mol. The van der Waals surface area contributed by atoms with Gasteiger partial charge in [-0.25, -0.2) is 14.8 Å². The van der Waals surface area contributed by atoms with Gasteiger partial charge in [-0.1, -0.05) is 6.07 Å². The Hall–Kier alpha value is -3.42. The first-order valence-electron chi connectivity index (χ1n) is 9.14. The highest BCUT2D eigenvalue weighted by Crippen LogP contribution is 2.26. The molecule has 0 radical (unpaired) electrons. The van der Waals surface area contributed by atoms with E-state index in [9.17, 15) is 4.79 Å². The molecule has 8 heteroatoms. The van der Waals surface area contributed by atoms with E-state index in [1.807, 2.05) is 51.4 Å². The zero-order chi connectivity index (χ0) is 19.7. The van der Waals surface area contributed by atoms with Gasteiger partial charge in [-0.15, -0.1) is 0 Å². The Morgan fingerprint density at radius 3 is 2.86 bits per heavy atom. The molecule has 144 valence electrons. The monoisotopic (exact) mass is 378 g/mol. The number of amides is 1. The molecular formula is C20H22N6O2. The van der Waals surface area contributed by atoms with Gasteiger partial charge in [0.15, 0.2) is 0 Å². The second-order valence-electron chi connectivity index (χ2n) is 7.06. The van der Waals surface area contributed by atoms with Gasteiger partial charge in [-0.2, -0.15) is 5.10 Å². The molecule has 3 heterocycles. The molecule has 2 aromatic heterocycles. The van der Waals surface area contributed by atoms with E-state index in [0.717, 1.165) is 28.1 Å². The molecule has 1 aromatic carbocycles. The predicted octanol–water partition coefficient (Wildman–Crippen LogP) is 3.20. The van der Waals surface area contributed by atoms with E-state index in [1.165, 1.54) is 0 Å². The summed E-state index contributed by atoms with van der Waals surface area (Å²) in [6.45, 7) is 6.41. The van der Waals surface area contributed by atoms with Gasteiger partial charge >= 0.3 is 6.09 Å². The number of alkyl carbamates (subject to hydrolysis) is 1. The van der Waals surface area contributed by atoms with Crippen molar-refractivity contribution in [1.29, 1.82) is 0 Å². The first-order valence-corrected chi connectivity index (χ1v) is 9.14. The van der Waals surface area contributed by atoms with Crippen LogP contribution in [-0.4, -0.2) is 38.0 Å². The van der Waals surface area contributed by atoms with Crippen LogP contribution in [0.15, 0.2) is 42.9 Å². The summed E-state index contributed by atoms with van der Waals surface area (Å²) in [6.07, 6.45) is 4.90. The second kappa shape index (κ2) is 7.30. The number of hydrogen-bond donors (Lipinski definition) is 2. The average molecular weight is 378 g/mol. The molecule has 0 bridgehead atoms. The van der Waals surface area contributed by atoms with Crippen molar-refractivity contribution in [2.45, 2.75) is 39.5 Å². The first-order chi connectivity index (χ1) is 13.5. The molecule has 3 aromatic rings. The van der Waals surface area contributed by atoms with Crippen molar-refractivity contribution in [2.75, 3.05) is 5.32 Å². The molecule has 1 amide bonds. The van der Waals surface area contributed by atoms with Crippen molar-refractivity contribution in [2.24, 2.45) is 0 Å². The molecule has 8 nitrogen and oxygen atoms in total. The van der Waals surface area contributed by atoms with Crippen LogP contribution in [0.5, 0.6) is 0 Å². The fourth-order valence-corrected chi connectivity index (χ4v) is 3.20. The number of ether oxygens (including phenoxy) is 1. The summed E-state index contributed by atoms with van der Waals surface area (Å²) in [5, 5.41) is 10.4. The molecule has 0 aliphatic carbocycles. The molecule has 1 aliphatic heterocycles. The number of carbonyl (C=O) groups is 1. The highest BCUT2D eigenvalue weighted by molar-refractivity contribution is 5.71.